The highest BCUT2D eigenvalue weighted by atomic mass is 32.2. The molecule has 0 aliphatic carbocycles. The summed E-state index contributed by atoms with van der Waals surface area (Å²) in [4.78, 5) is 0. The Balaban J connectivity index is 2.51. The van der Waals surface area contributed by atoms with Gasteiger partial charge < -0.3 is 5.32 Å². The summed E-state index contributed by atoms with van der Waals surface area (Å²) in [5.74, 6) is 0.203. The topological polar surface area (TPSA) is 49.4 Å². The van der Waals surface area contributed by atoms with Crippen molar-refractivity contribution in [1.82, 2.24) is 9.62 Å². The Labute approximate surface area is 92.4 Å². The predicted octanol–water partition coefficient (Wildman–Crippen LogP) is 0.578. The minimum atomic E-state index is -3.06. The van der Waals surface area contributed by atoms with Gasteiger partial charge in [-0.05, 0) is 19.9 Å². The molecule has 0 aromatic heterocycles. The summed E-state index contributed by atoms with van der Waals surface area (Å²) in [6, 6.07) is 0. The fraction of sp³-hybridized carbons (Fsp3) is 0.800. The lowest BCUT2D eigenvalue weighted by molar-refractivity contribution is 0.427. The third-order valence-electron chi connectivity index (χ3n) is 2.48. The predicted molar refractivity (Wildman–Crippen MR) is 62.3 cm³/mol. The van der Waals surface area contributed by atoms with Crippen molar-refractivity contribution in [3.8, 4) is 0 Å². The van der Waals surface area contributed by atoms with E-state index in [9.17, 15) is 8.42 Å². The van der Waals surface area contributed by atoms with Gasteiger partial charge in [-0.1, -0.05) is 18.6 Å². The van der Waals surface area contributed by atoms with E-state index in [1.807, 2.05) is 13.8 Å². The lowest BCUT2D eigenvalue weighted by Crippen LogP contribution is -2.39. The lowest BCUT2D eigenvalue weighted by Gasteiger charge is -2.25. The van der Waals surface area contributed by atoms with Crippen LogP contribution in [0.5, 0.6) is 0 Å². The van der Waals surface area contributed by atoms with Crippen molar-refractivity contribution in [2.45, 2.75) is 20.3 Å². The van der Waals surface area contributed by atoms with Crippen LogP contribution in [0.1, 0.15) is 20.3 Å². The van der Waals surface area contributed by atoms with Crippen LogP contribution in [0.4, 0.5) is 0 Å². The molecular formula is C10H20N2O2S. The second-order valence-corrected chi connectivity index (χ2v) is 5.93. The van der Waals surface area contributed by atoms with Gasteiger partial charge >= 0.3 is 0 Å². The summed E-state index contributed by atoms with van der Waals surface area (Å²) in [5.41, 5.74) is 1.15. The highest BCUT2D eigenvalue weighted by Gasteiger charge is 2.22. The van der Waals surface area contributed by atoms with Gasteiger partial charge in [0.1, 0.15) is 0 Å². The molecule has 0 aromatic carbocycles. The van der Waals surface area contributed by atoms with Gasteiger partial charge in [-0.15, -0.1) is 0 Å². The van der Waals surface area contributed by atoms with Gasteiger partial charge in [-0.3, -0.25) is 0 Å². The molecule has 0 spiro atoms. The molecule has 0 unspecified atom stereocenters. The van der Waals surface area contributed by atoms with Gasteiger partial charge in [0, 0.05) is 19.6 Å². The average molecular weight is 232 g/mol. The molecule has 15 heavy (non-hydrogen) atoms. The van der Waals surface area contributed by atoms with Crippen molar-refractivity contribution >= 4 is 10.0 Å². The van der Waals surface area contributed by atoms with Crippen LogP contribution in [-0.4, -0.2) is 44.7 Å². The molecule has 88 valence electrons. The molecular weight excluding hydrogens is 212 g/mol. The highest BCUT2D eigenvalue weighted by molar-refractivity contribution is 7.89. The van der Waals surface area contributed by atoms with Crippen LogP contribution in [0, 0.1) is 0 Å². The van der Waals surface area contributed by atoms with Gasteiger partial charge in [0.25, 0.3) is 0 Å². The summed E-state index contributed by atoms with van der Waals surface area (Å²) in [7, 11) is -3.06. The van der Waals surface area contributed by atoms with Crippen LogP contribution >= 0.6 is 0 Å². The quantitative estimate of drug-likeness (QED) is 0.557. The Morgan fingerprint density at radius 3 is 2.87 bits per heavy atom. The molecule has 1 heterocycles. The van der Waals surface area contributed by atoms with Crippen molar-refractivity contribution in [1.29, 1.82) is 0 Å². The van der Waals surface area contributed by atoms with Crippen molar-refractivity contribution in [2.75, 3.05) is 31.9 Å². The first-order valence-corrected chi connectivity index (χ1v) is 7.01. The average Bonchev–Trinajstić information content (AvgIpc) is 2.18. The van der Waals surface area contributed by atoms with Gasteiger partial charge in [-0.2, -0.15) is 4.31 Å². The Morgan fingerprint density at radius 1 is 1.53 bits per heavy atom. The third kappa shape index (κ3) is 3.93. The SMILES string of the molecule is CCNCCS(=O)(=O)N1CCC=C(C)C1. The molecule has 0 amide bonds. The molecule has 0 radical (unpaired) electrons. The zero-order valence-corrected chi connectivity index (χ0v) is 10.3. The van der Waals surface area contributed by atoms with E-state index in [0.29, 0.717) is 19.6 Å². The molecule has 0 bridgehead atoms. The minimum Gasteiger partial charge on any atom is -0.316 e. The number of sulfonamides is 1. The summed E-state index contributed by atoms with van der Waals surface area (Å²) >= 11 is 0. The second-order valence-electron chi connectivity index (χ2n) is 3.84. The van der Waals surface area contributed by atoms with Crippen LogP contribution in [0.2, 0.25) is 0 Å². The maximum atomic E-state index is 11.9. The van der Waals surface area contributed by atoms with E-state index < -0.39 is 10.0 Å². The van der Waals surface area contributed by atoms with Crippen molar-refractivity contribution in [2.24, 2.45) is 0 Å². The van der Waals surface area contributed by atoms with E-state index in [1.165, 1.54) is 0 Å². The fourth-order valence-electron chi connectivity index (χ4n) is 1.62. The van der Waals surface area contributed by atoms with Gasteiger partial charge in [0.05, 0.1) is 5.75 Å². The minimum absolute atomic E-state index is 0.203. The zero-order valence-electron chi connectivity index (χ0n) is 9.49. The van der Waals surface area contributed by atoms with E-state index in [2.05, 4.69) is 11.4 Å². The smallest absolute Gasteiger partial charge is 0.215 e. The fourth-order valence-corrected chi connectivity index (χ4v) is 3.07. The second kappa shape index (κ2) is 5.63. The first kappa shape index (κ1) is 12.7. The molecule has 1 aliphatic heterocycles. The first-order chi connectivity index (χ1) is 7.06. The number of rotatable bonds is 5. The maximum absolute atomic E-state index is 11.9. The summed E-state index contributed by atoms with van der Waals surface area (Å²) < 4.78 is 25.3. The molecule has 0 fully saturated rings. The van der Waals surface area contributed by atoms with Gasteiger partial charge in [-0.25, -0.2) is 8.42 Å². The number of hydrogen-bond donors (Lipinski definition) is 1. The Kier molecular flexibility index (Phi) is 4.76. The van der Waals surface area contributed by atoms with Crippen molar-refractivity contribution < 1.29 is 8.42 Å². The zero-order chi connectivity index (χ0) is 11.3. The maximum Gasteiger partial charge on any atom is 0.215 e. The third-order valence-corrected chi connectivity index (χ3v) is 4.30. The van der Waals surface area contributed by atoms with Gasteiger partial charge in [0.2, 0.25) is 10.0 Å². The van der Waals surface area contributed by atoms with E-state index in [-0.39, 0.29) is 5.75 Å². The Bertz CT molecular complexity index is 322. The van der Waals surface area contributed by atoms with Crippen LogP contribution in [-0.2, 0) is 10.0 Å². The van der Waals surface area contributed by atoms with E-state index in [1.54, 1.807) is 4.31 Å². The molecule has 1 N–H and O–H groups in total. The number of nitrogens with one attached hydrogen (secondary N) is 1. The van der Waals surface area contributed by atoms with E-state index >= 15 is 0 Å². The number of hydrogen-bond acceptors (Lipinski definition) is 3. The van der Waals surface area contributed by atoms with Gasteiger partial charge in [0.15, 0.2) is 0 Å². The highest BCUT2D eigenvalue weighted by Crippen LogP contribution is 2.12. The Morgan fingerprint density at radius 2 is 2.27 bits per heavy atom. The Hall–Kier alpha value is -0.390. The van der Waals surface area contributed by atoms with Crippen LogP contribution in [0.15, 0.2) is 11.6 Å². The molecule has 1 aliphatic rings. The normalized spacial score (nSPS) is 18.9. The summed E-state index contributed by atoms with van der Waals surface area (Å²) in [5, 5.41) is 3.03. The number of nitrogens with zero attached hydrogens (tertiary/aromatic N) is 1. The van der Waals surface area contributed by atoms with Crippen LogP contribution < -0.4 is 5.32 Å². The molecule has 4 nitrogen and oxygen atoms in total. The van der Waals surface area contributed by atoms with Crippen molar-refractivity contribution in [3.63, 3.8) is 0 Å². The first-order valence-electron chi connectivity index (χ1n) is 5.40. The monoisotopic (exact) mass is 232 g/mol. The summed E-state index contributed by atoms with van der Waals surface area (Å²) in [6.45, 7) is 6.50. The van der Waals surface area contributed by atoms with E-state index in [0.717, 1.165) is 18.5 Å². The lowest BCUT2D eigenvalue weighted by atomic mass is 10.2. The summed E-state index contributed by atoms with van der Waals surface area (Å²) in [6.07, 6.45) is 2.95. The molecule has 0 saturated heterocycles. The molecule has 0 saturated carbocycles. The standard InChI is InChI=1S/C10H20N2O2S/c1-3-11-6-8-15(13,14)12-7-4-5-10(2)9-12/h5,11H,3-4,6-9H2,1-2H3. The van der Waals surface area contributed by atoms with Crippen molar-refractivity contribution in [3.05, 3.63) is 11.6 Å². The van der Waals surface area contributed by atoms with E-state index in [4.69, 9.17) is 0 Å². The van der Waals surface area contributed by atoms with Crippen LogP contribution in [0.3, 0.4) is 0 Å². The molecule has 0 aromatic rings. The largest absolute Gasteiger partial charge is 0.316 e. The molecule has 5 heteroatoms. The van der Waals surface area contributed by atoms with Crippen LogP contribution in [0.25, 0.3) is 0 Å². The molecule has 1 rings (SSSR count). The molecule has 0 atom stereocenters.